The van der Waals surface area contributed by atoms with Gasteiger partial charge < -0.3 is 9.47 Å². The number of para-hydroxylation sites is 2. The first-order valence-corrected chi connectivity index (χ1v) is 13.5. The second-order valence-corrected chi connectivity index (χ2v) is 10.2. The Hall–Kier alpha value is -4.72. The first-order valence-electron chi connectivity index (χ1n) is 13.5. The summed E-state index contributed by atoms with van der Waals surface area (Å²) in [5, 5.41) is 11.5. The number of carbonyl (C=O) groups excluding carboxylic acids is 2. The number of aromatic nitrogens is 1. The number of rotatable bonds is 8. The molecular formula is C32H32N4O4. The second-order valence-electron chi connectivity index (χ2n) is 10.2. The van der Waals surface area contributed by atoms with E-state index in [1.165, 1.54) is 11.0 Å². The summed E-state index contributed by atoms with van der Waals surface area (Å²) in [6.45, 7) is 5.89. The maximum absolute atomic E-state index is 14.3. The molecule has 0 fully saturated rings. The number of hydrogen-bond acceptors (Lipinski definition) is 4. The lowest BCUT2D eigenvalue weighted by Gasteiger charge is -2.39. The zero-order valence-electron chi connectivity index (χ0n) is 22.9. The van der Waals surface area contributed by atoms with E-state index in [0.717, 1.165) is 34.6 Å². The van der Waals surface area contributed by atoms with Crippen LogP contribution in [0.25, 0.3) is 5.69 Å². The van der Waals surface area contributed by atoms with E-state index in [9.17, 15) is 19.7 Å². The molecule has 4 aromatic rings. The maximum atomic E-state index is 14.3. The van der Waals surface area contributed by atoms with Crippen molar-refractivity contribution >= 4 is 23.2 Å². The molecule has 0 saturated heterocycles. The number of carbonyl (C=O) groups is 2. The van der Waals surface area contributed by atoms with Crippen molar-refractivity contribution in [2.75, 3.05) is 18.0 Å². The van der Waals surface area contributed by atoms with Gasteiger partial charge in [0.05, 0.1) is 22.0 Å². The molecule has 2 amide bonds. The summed E-state index contributed by atoms with van der Waals surface area (Å²) < 4.78 is 2.11. The highest BCUT2D eigenvalue weighted by Crippen LogP contribution is 2.42. The van der Waals surface area contributed by atoms with Crippen molar-refractivity contribution in [1.82, 2.24) is 9.47 Å². The molecule has 1 aromatic heterocycles. The number of fused-ring (bicyclic) bond motifs is 3. The standard InChI is InChI=1S/C32H32N4O4/c1-4-5-17-33(32(38)25-16-15-23(3)29(20-25)36(39)40)21-30(37)35-27-13-7-6-12-26(27)34-18-9-14-28(34)31(35)24-11-8-10-22(2)19-24/h6-16,18-20,31H,4-5,17,21H2,1-3H3. The molecule has 40 heavy (non-hydrogen) atoms. The Bertz CT molecular complexity index is 1590. The largest absolute Gasteiger partial charge is 0.329 e. The van der Waals surface area contributed by atoms with Crippen molar-refractivity contribution in [3.63, 3.8) is 0 Å². The third kappa shape index (κ3) is 5.00. The molecule has 0 aliphatic carbocycles. The van der Waals surface area contributed by atoms with E-state index in [0.29, 0.717) is 18.5 Å². The molecule has 1 atom stereocenters. The summed E-state index contributed by atoms with van der Waals surface area (Å²) in [4.78, 5) is 42.4. The van der Waals surface area contributed by atoms with Gasteiger partial charge in [-0.25, -0.2) is 0 Å². The molecule has 1 unspecified atom stereocenters. The zero-order valence-corrected chi connectivity index (χ0v) is 22.9. The number of benzene rings is 3. The van der Waals surface area contributed by atoms with Crippen LogP contribution >= 0.6 is 0 Å². The van der Waals surface area contributed by atoms with Crippen LogP contribution in [-0.2, 0) is 4.79 Å². The first kappa shape index (κ1) is 26.9. The Morgan fingerprint density at radius 1 is 0.950 bits per heavy atom. The number of anilines is 1. The number of aryl methyl sites for hydroxylation is 2. The fraction of sp³-hybridized carbons (Fsp3) is 0.250. The number of nitrogens with zero attached hydrogens (tertiary/aromatic N) is 4. The van der Waals surface area contributed by atoms with Gasteiger partial charge in [-0.3, -0.25) is 24.6 Å². The van der Waals surface area contributed by atoms with Crippen LogP contribution in [0.5, 0.6) is 0 Å². The van der Waals surface area contributed by atoms with E-state index in [1.54, 1.807) is 24.0 Å². The van der Waals surface area contributed by atoms with Crippen molar-refractivity contribution < 1.29 is 14.5 Å². The van der Waals surface area contributed by atoms with Crippen molar-refractivity contribution in [3.8, 4) is 5.69 Å². The van der Waals surface area contributed by atoms with E-state index in [4.69, 9.17) is 0 Å². The van der Waals surface area contributed by atoms with Gasteiger partial charge in [-0.1, -0.05) is 61.4 Å². The second kappa shape index (κ2) is 11.2. The minimum Gasteiger partial charge on any atom is -0.329 e. The monoisotopic (exact) mass is 536 g/mol. The van der Waals surface area contributed by atoms with Crippen LogP contribution < -0.4 is 4.90 Å². The summed E-state index contributed by atoms with van der Waals surface area (Å²) in [5.74, 6) is -0.622. The third-order valence-corrected chi connectivity index (χ3v) is 7.39. The normalized spacial score (nSPS) is 13.9. The molecule has 0 saturated carbocycles. The predicted molar refractivity (Wildman–Crippen MR) is 155 cm³/mol. The number of hydrogen-bond donors (Lipinski definition) is 0. The summed E-state index contributed by atoms with van der Waals surface area (Å²) in [6.07, 6.45) is 3.53. The van der Waals surface area contributed by atoms with Gasteiger partial charge in [0.25, 0.3) is 11.6 Å². The minimum atomic E-state index is -0.486. The van der Waals surface area contributed by atoms with Gasteiger partial charge in [0.1, 0.15) is 12.6 Å². The molecule has 1 aliphatic heterocycles. The molecule has 8 nitrogen and oxygen atoms in total. The molecule has 5 rings (SSSR count). The highest BCUT2D eigenvalue weighted by Gasteiger charge is 2.37. The molecule has 2 heterocycles. The van der Waals surface area contributed by atoms with Crippen LogP contribution in [0.3, 0.4) is 0 Å². The van der Waals surface area contributed by atoms with E-state index in [2.05, 4.69) is 10.6 Å². The zero-order chi connectivity index (χ0) is 28.4. The quantitative estimate of drug-likeness (QED) is 0.193. The van der Waals surface area contributed by atoms with Gasteiger partial charge >= 0.3 is 0 Å². The number of nitro benzene ring substituents is 1. The van der Waals surface area contributed by atoms with Gasteiger partial charge in [0, 0.05) is 29.9 Å². The highest BCUT2D eigenvalue weighted by molar-refractivity contribution is 6.03. The highest BCUT2D eigenvalue weighted by atomic mass is 16.6. The van der Waals surface area contributed by atoms with E-state index in [1.807, 2.05) is 74.6 Å². The smallest absolute Gasteiger partial charge is 0.273 e. The number of nitro groups is 1. The molecule has 1 aliphatic rings. The van der Waals surface area contributed by atoms with Gasteiger partial charge in [-0.2, -0.15) is 0 Å². The molecular weight excluding hydrogens is 504 g/mol. The van der Waals surface area contributed by atoms with Gasteiger partial charge in [0.2, 0.25) is 5.91 Å². The average molecular weight is 537 g/mol. The molecule has 0 bridgehead atoms. The third-order valence-electron chi connectivity index (χ3n) is 7.39. The van der Waals surface area contributed by atoms with E-state index in [-0.39, 0.29) is 29.7 Å². The van der Waals surface area contributed by atoms with E-state index >= 15 is 0 Å². The molecule has 0 N–H and O–H groups in total. The van der Waals surface area contributed by atoms with Crippen LogP contribution in [0.4, 0.5) is 11.4 Å². The van der Waals surface area contributed by atoms with Crippen molar-refractivity contribution in [1.29, 1.82) is 0 Å². The average Bonchev–Trinajstić information content (AvgIpc) is 3.44. The molecule has 3 aromatic carbocycles. The fourth-order valence-electron chi connectivity index (χ4n) is 5.38. The lowest BCUT2D eigenvalue weighted by molar-refractivity contribution is -0.385. The van der Waals surface area contributed by atoms with Gasteiger partial charge in [-0.05, 0) is 56.2 Å². The topological polar surface area (TPSA) is 88.7 Å². The maximum Gasteiger partial charge on any atom is 0.273 e. The van der Waals surface area contributed by atoms with Crippen LogP contribution in [-0.4, -0.2) is 39.3 Å². The molecule has 0 spiro atoms. The van der Waals surface area contributed by atoms with Gasteiger partial charge in [0.15, 0.2) is 0 Å². The fourth-order valence-corrected chi connectivity index (χ4v) is 5.38. The SMILES string of the molecule is CCCCN(CC(=O)N1c2ccccc2-n2cccc2C1c1cccc(C)c1)C(=O)c1ccc(C)c([N+](=O)[O-])c1. The Kier molecular flexibility index (Phi) is 7.51. The Balaban J connectivity index is 1.55. The van der Waals surface area contributed by atoms with Crippen molar-refractivity contribution in [2.45, 2.75) is 39.7 Å². The number of unbranched alkanes of at least 4 members (excludes halogenated alkanes) is 1. The lowest BCUT2D eigenvalue weighted by Crippen LogP contribution is -2.47. The molecule has 204 valence electrons. The molecule has 8 heteroatoms. The predicted octanol–water partition coefficient (Wildman–Crippen LogP) is 6.38. The Morgan fingerprint density at radius 2 is 1.73 bits per heavy atom. The summed E-state index contributed by atoms with van der Waals surface area (Å²) in [6, 6.07) is 24.0. The van der Waals surface area contributed by atoms with Crippen molar-refractivity contribution in [3.05, 3.63) is 123 Å². The summed E-state index contributed by atoms with van der Waals surface area (Å²) in [7, 11) is 0. The van der Waals surface area contributed by atoms with Crippen LogP contribution in [0.15, 0.2) is 85.1 Å². The summed E-state index contributed by atoms with van der Waals surface area (Å²) in [5.41, 5.74) is 5.23. The van der Waals surface area contributed by atoms with Crippen LogP contribution in [0, 0.1) is 24.0 Å². The lowest BCUT2D eigenvalue weighted by atomic mass is 9.96. The van der Waals surface area contributed by atoms with Gasteiger partial charge in [-0.15, -0.1) is 0 Å². The van der Waals surface area contributed by atoms with E-state index < -0.39 is 10.8 Å². The van der Waals surface area contributed by atoms with Crippen LogP contribution in [0.2, 0.25) is 0 Å². The molecule has 0 radical (unpaired) electrons. The Labute approximate surface area is 233 Å². The first-order chi connectivity index (χ1) is 19.3. The number of amides is 2. The van der Waals surface area contributed by atoms with Crippen LogP contribution in [0.1, 0.15) is 58.5 Å². The summed E-state index contributed by atoms with van der Waals surface area (Å²) >= 11 is 0. The van der Waals surface area contributed by atoms with Crippen molar-refractivity contribution in [2.24, 2.45) is 0 Å². The Morgan fingerprint density at radius 3 is 2.45 bits per heavy atom. The minimum absolute atomic E-state index is 0.113.